The van der Waals surface area contributed by atoms with Crippen molar-refractivity contribution in [2.45, 2.75) is 59.2 Å². The molecule has 59 heavy (non-hydrogen) atoms. The van der Waals surface area contributed by atoms with Gasteiger partial charge < -0.3 is 18.9 Å². The normalized spacial score (nSPS) is 13.3. The van der Waals surface area contributed by atoms with Gasteiger partial charge in [-0.2, -0.15) is 0 Å². The lowest BCUT2D eigenvalue weighted by Gasteiger charge is -2.37. The van der Waals surface area contributed by atoms with Gasteiger partial charge in [0.1, 0.15) is 36.9 Å². The molecular formula is C53H50O6. The first-order valence-corrected chi connectivity index (χ1v) is 20.0. The molecule has 0 heterocycles. The molecule has 0 aromatic heterocycles. The quantitative estimate of drug-likeness (QED) is 0.0808. The van der Waals surface area contributed by atoms with Crippen LogP contribution in [0.2, 0.25) is 0 Å². The second-order valence-electron chi connectivity index (χ2n) is 15.5. The molecule has 0 fully saturated rings. The van der Waals surface area contributed by atoms with Gasteiger partial charge in [0.05, 0.1) is 5.41 Å². The van der Waals surface area contributed by atoms with Gasteiger partial charge in [0.15, 0.2) is 0 Å². The number of carbonyl (C=O) groups is 2. The highest BCUT2D eigenvalue weighted by atomic mass is 16.6. The molecule has 6 heteroatoms. The fourth-order valence-corrected chi connectivity index (χ4v) is 8.06. The minimum atomic E-state index is -0.809. The fourth-order valence-electron chi connectivity index (χ4n) is 8.06. The number of fused-ring (bicyclic) bond motifs is 3. The summed E-state index contributed by atoms with van der Waals surface area (Å²) in [5.74, 6) is 0.468. The van der Waals surface area contributed by atoms with Gasteiger partial charge in [0, 0.05) is 22.3 Å². The van der Waals surface area contributed by atoms with Crippen LogP contribution in [0.25, 0.3) is 33.4 Å². The van der Waals surface area contributed by atoms with Crippen LogP contribution in [0.4, 0.5) is 0 Å². The van der Waals surface area contributed by atoms with Crippen molar-refractivity contribution in [3.8, 4) is 44.9 Å². The Morgan fingerprint density at radius 3 is 1.12 bits per heavy atom. The van der Waals surface area contributed by atoms with E-state index in [1.807, 2.05) is 38.1 Å². The van der Waals surface area contributed by atoms with Crippen molar-refractivity contribution in [3.63, 3.8) is 0 Å². The van der Waals surface area contributed by atoms with Crippen molar-refractivity contribution in [2.75, 3.05) is 13.2 Å². The van der Waals surface area contributed by atoms with Gasteiger partial charge in [-0.3, -0.25) is 0 Å². The van der Waals surface area contributed by atoms with Crippen LogP contribution >= 0.6 is 0 Å². The van der Waals surface area contributed by atoms with Gasteiger partial charge in [-0.15, -0.1) is 0 Å². The van der Waals surface area contributed by atoms with E-state index in [9.17, 15) is 9.59 Å². The number of hydrogen-bond acceptors (Lipinski definition) is 6. The number of rotatable bonds is 14. The smallest absolute Gasteiger partial charge is 0.333 e. The summed E-state index contributed by atoms with van der Waals surface area (Å²) in [5, 5.41) is 0. The van der Waals surface area contributed by atoms with E-state index >= 15 is 0 Å². The summed E-state index contributed by atoms with van der Waals surface area (Å²) in [6, 6.07) is 46.9. The van der Waals surface area contributed by atoms with Crippen LogP contribution in [0.1, 0.15) is 61.1 Å². The summed E-state index contributed by atoms with van der Waals surface area (Å²) in [4.78, 5) is 24.7. The highest BCUT2D eigenvalue weighted by Crippen LogP contribution is 2.60. The molecule has 0 radical (unpaired) electrons. The standard InChI is InChI=1S/C53H50O6/c1-33(2)51(54)58-37(7)31-56-49-27-25-35(5)29-43(49)41-19-11-15-23-47(41)53(45-21-13-9-17-39(45)40-18-10-14-22-46(40)53)48-24-16-12-20-42(48)44-30-36(6)26-28-50(44)57-32-38(8)59-52(55)34(3)4/h9-30,37-38H,1,3,31-32H2,2,4-8H3. The maximum absolute atomic E-state index is 12.4. The maximum Gasteiger partial charge on any atom is 0.333 e. The number of benzene rings is 6. The van der Waals surface area contributed by atoms with E-state index in [1.54, 1.807) is 13.8 Å². The average molecular weight is 783 g/mol. The first-order valence-electron chi connectivity index (χ1n) is 20.0. The average Bonchev–Trinajstić information content (AvgIpc) is 3.53. The molecule has 298 valence electrons. The lowest BCUT2D eigenvalue weighted by atomic mass is 9.64. The second kappa shape index (κ2) is 17.1. The Labute approximate surface area is 347 Å². The van der Waals surface area contributed by atoms with E-state index in [0.717, 1.165) is 66.8 Å². The molecule has 6 aromatic carbocycles. The fraction of sp³-hybridized carbons (Fsp3) is 0.208. The van der Waals surface area contributed by atoms with Crippen LogP contribution in [0.3, 0.4) is 0 Å². The van der Waals surface area contributed by atoms with Crippen LogP contribution < -0.4 is 9.47 Å². The zero-order valence-electron chi connectivity index (χ0n) is 34.6. The number of hydrogen-bond donors (Lipinski definition) is 0. The van der Waals surface area contributed by atoms with Gasteiger partial charge in [-0.25, -0.2) is 9.59 Å². The monoisotopic (exact) mass is 782 g/mol. The summed E-state index contributed by atoms with van der Waals surface area (Å²) in [6.07, 6.45) is -0.996. The largest absolute Gasteiger partial charge is 0.489 e. The molecule has 0 saturated carbocycles. The molecule has 0 N–H and O–H groups in total. The van der Waals surface area contributed by atoms with E-state index in [2.05, 4.69) is 136 Å². The van der Waals surface area contributed by atoms with Crippen LogP contribution in [0.15, 0.2) is 158 Å². The lowest BCUT2D eigenvalue weighted by molar-refractivity contribution is -0.145. The second-order valence-corrected chi connectivity index (χ2v) is 15.5. The molecule has 2 atom stereocenters. The Morgan fingerprint density at radius 1 is 0.492 bits per heavy atom. The minimum Gasteiger partial charge on any atom is -0.489 e. The topological polar surface area (TPSA) is 71.1 Å². The Balaban J connectivity index is 1.45. The van der Waals surface area contributed by atoms with E-state index < -0.39 is 29.6 Å². The van der Waals surface area contributed by atoms with Crippen LogP contribution in [-0.4, -0.2) is 37.4 Å². The summed E-state index contributed by atoms with van der Waals surface area (Å²) >= 11 is 0. The van der Waals surface area contributed by atoms with Crippen LogP contribution in [-0.2, 0) is 24.5 Å². The van der Waals surface area contributed by atoms with E-state index in [1.165, 1.54) is 0 Å². The third-order valence-electron chi connectivity index (χ3n) is 10.7. The van der Waals surface area contributed by atoms with Gasteiger partial charge in [0.25, 0.3) is 0 Å². The number of carbonyl (C=O) groups excluding carboxylic acids is 2. The molecule has 2 unspecified atom stereocenters. The molecule has 0 spiro atoms. The third-order valence-corrected chi connectivity index (χ3v) is 10.7. The molecule has 1 aliphatic rings. The van der Waals surface area contributed by atoms with Crippen molar-refractivity contribution >= 4 is 11.9 Å². The summed E-state index contributed by atoms with van der Waals surface area (Å²) < 4.78 is 24.2. The number of ether oxygens (including phenoxy) is 4. The summed E-state index contributed by atoms with van der Waals surface area (Å²) in [7, 11) is 0. The Hall–Kier alpha value is -6.66. The molecule has 0 saturated heterocycles. The van der Waals surface area contributed by atoms with Gasteiger partial charge in [0.2, 0.25) is 0 Å². The molecule has 6 nitrogen and oxygen atoms in total. The molecule has 0 amide bonds. The van der Waals surface area contributed by atoms with Gasteiger partial charge >= 0.3 is 11.9 Å². The van der Waals surface area contributed by atoms with Gasteiger partial charge in [-0.05, 0) is 110 Å². The Kier molecular flexibility index (Phi) is 11.7. The molecule has 7 rings (SSSR count). The van der Waals surface area contributed by atoms with Crippen molar-refractivity contribution in [2.24, 2.45) is 0 Å². The third kappa shape index (κ3) is 7.96. The van der Waals surface area contributed by atoms with Gasteiger partial charge in [-0.1, -0.05) is 133 Å². The van der Waals surface area contributed by atoms with Crippen molar-refractivity contribution < 1.29 is 28.5 Å². The van der Waals surface area contributed by atoms with Crippen LogP contribution in [0.5, 0.6) is 11.5 Å². The maximum atomic E-state index is 12.4. The minimum absolute atomic E-state index is 0.165. The molecule has 6 aromatic rings. The summed E-state index contributed by atoms with van der Waals surface area (Å²) in [6.45, 7) is 18.8. The zero-order chi connectivity index (χ0) is 41.8. The molecule has 0 bridgehead atoms. The zero-order valence-corrected chi connectivity index (χ0v) is 34.6. The van der Waals surface area contributed by atoms with E-state index in [0.29, 0.717) is 22.6 Å². The highest BCUT2D eigenvalue weighted by molar-refractivity contribution is 5.92. The first kappa shape index (κ1) is 40.5. The Morgan fingerprint density at radius 2 is 0.797 bits per heavy atom. The predicted octanol–water partition coefficient (Wildman–Crippen LogP) is 11.8. The highest BCUT2D eigenvalue weighted by Gasteiger charge is 2.48. The lowest BCUT2D eigenvalue weighted by Crippen LogP contribution is -2.30. The van der Waals surface area contributed by atoms with Crippen LogP contribution in [0, 0.1) is 13.8 Å². The first-order chi connectivity index (χ1) is 28.4. The van der Waals surface area contributed by atoms with Crippen molar-refractivity contribution in [1.29, 1.82) is 0 Å². The number of aryl methyl sites for hydroxylation is 2. The molecule has 0 aliphatic heterocycles. The summed E-state index contributed by atoms with van der Waals surface area (Å²) in [5.41, 5.74) is 12.7. The SMILES string of the molecule is C=C(C)C(=O)OC(C)COc1ccc(C)cc1-c1ccccc1C1(c2ccccc2-c2cc(C)ccc2OCC(C)OC(=O)C(=C)C)c2ccccc2-c2ccccc21. The van der Waals surface area contributed by atoms with Crippen molar-refractivity contribution in [3.05, 3.63) is 191 Å². The van der Waals surface area contributed by atoms with E-state index in [-0.39, 0.29) is 13.2 Å². The molecular weight excluding hydrogens is 733 g/mol. The van der Waals surface area contributed by atoms with Crippen molar-refractivity contribution in [1.82, 2.24) is 0 Å². The van der Waals surface area contributed by atoms with E-state index in [4.69, 9.17) is 18.9 Å². The predicted molar refractivity (Wildman–Crippen MR) is 236 cm³/mol. The molecule has 1 aliphatic carbocycles. The Bertz CT molecular complexity index is 2400. The number of esters is 2.